The fraction of sp³-hybridized carbons (Fsp3) is 0.846. The molecular weight excluding hydrogens is 234 g/mol. The molecular formula is C13H21NO4. The number of hydrogen-bond donors (Lipinski definition) is 2. The molecule has 0 aromatic heterocycles. The van der Waals surface area contributed by atoms with E-state index < -0.39 is 18.2 Å². The van der Waals surface area contributed by atoms with Crippen molar-refractivity contribution in [1.29, 1.82) is 0 Å². The fourth-order valence-corrected chi connectivity index (χ4v) is 2.82. The zero-order valence-corrected chi connectivity index (χ0v) is 10.7. The molecule has 2 N–H and O–H groups in total. The van der Waals surface area contributed by atoms with E-state index >= 15 is 0 Å². The van der Waals surface area contributed by atoms with Gasteiger partial charge in [-0.3, -0.25) is 4.79 Å². The van der Waals surface area contributed by atoms with Crippen molar-refractivity contribution in [3.63, 3.8) is 0 Å². The molecule has 1 aliphatic heterocycles. The van der Waals surface area contributed by atoms with Gasteiger partial charge in [0, 0.05) is 6.04 Å². The molecule has 2 aliphatic rings. The van der Waals surface area contributed by atoms with Crippen LogP contribution >= 0.6 is 0 Å². The summed E-state index contributed by atoms with van der Waals surface area (Å²) in [6.07, 6.45) is 4.07. The van der Waals surface area contributed by atoms with Crippen LogP contribution in [0.2, 0.25) is 0 Å². The Morgan fingerprint density at radius 1 is 1.11 bits per heavy atom. The summed E-state index contributed by atoms with van der Waals surface area (Å²) < 4.78 is 5.25. The van der Waals surface area contributed by atoms with E-state index in [1.807, 2.05) is 0 Å². The second kappa shape index (κ2) is 5.69. The third-order valence-corrected chi connectivity index (χ3v) is 4.03. The lowest BCUT2D eigenvalue weighted by Gasteiger charge is -2.30. The smallest absolute Gasteiger partial charge is 0.332 e. The molecule has 0 radical (unpaired) electrons. The van der Waals surface area contributed by atoms with Crippen molar-refractivity contribution in [3.05, 3.63) is 0 Å². The summed E-state index contributed by atoms with van der Waals surface area (Å²) >= 11 is 0. The number of hydrogen-bond acceptors (Lipinski definition) is 3. The van der Waals surface area contributed by atoms with Crippen LogP contribution in [0.5, 0.6) is 0 Å². The van der Waals surface area contributed by atoms with Crippen LogP contribution in [0.25, 0.3) is 0 Å². The highest BCUT2D eigenvalue weighted by molar-refractivity contribution is 5.82. The van der Waals surface area contributed by atoms with Crippen LogP contribution in [0, 0.1) is 5.92 Å². The third kappa shape index (κ3) is 3.02. The zero-order chi connectivity index (χ0) is 13.1. The van der Waals surface area contributed by atoms with Crippen molar-refractivity contribution < 1.29 is 19.4 Å². The molecule has 0 aromatic rings. The van der Waals surface area contributed by atoms with Gasteiger partial charge < -0.3 is 15.2 Å². The maximum Gasteiger partial charge on any atom is 0.332 e. The molecule has 0 bridgehead atoms. The predicted molar refractivity (Wildman–Crippen MR) is 65.1 cm³/mol. The minimum Gasteiger partial charge on any atom is -0.479 e. The molecule has 5 nitrogen and oxygen atoms in total. The summed E-state index contributed by atoms with van der Waals surface area (Å²) in [6, 6.07) is 0.221. The van der Waals surface area contributed by atoms with Crippen molar-refractivity contribution in [2.24, 2.45) is 5.92 Å². The van der Waals surface area contributed by atoms with Crippen LogP contribution in [-0.2, 0) is 14.3 Å². The lowest BCUT2D eigenvalue weighted by Crippen LogP contribution is -2.45. The van der Waals surface area contributed by atoms with Gasteiger partial charge in [0.05, 0.1) is 0 Å². The normalized spacial score (nSPS) is 36.3. The molecule has 102 valence electrons. The van der Waals surface area contributed by atoms with Gasteiger partial charge >= 0.3 is 5.97 Å². The van der Waals surface area contributed by atoms with Crippen LogP contribution in [-0.4, -0.2) is 35.2 Å². The zero-order valence-electron chi connectivity index (χ0n) is 10.7. The number of carboxylic acid groups (broad SMARTS) is 1. The van der Waals surface area contributed by atoms with Crippen molar-refractivity contribution in [2.45, 2.75) is 63.7 Å². The Bertz CT molecular complexity index is 331. The molecule has 1 aliphatic carbocycles. The molecule has 0 spiro atoms. The fourth-order valence-electron chi connectivity index (χ4n) is 2.82. The number of carbonyl (C=O) groups excluding carboxylic acids is 1. The summed E-state index contributed by atoms with van der Waals surface area (Å²) in [6.45, 7) is 2.15. The van der Waals surface area contributed by atoms with Crippen molar-refractivity contribution in [2.75, 3.05) is 0 Å². The first kappa shape index (κ1) is 13.3. The van der Waals surface area contributed by atoms with Crippen molar-refractivity contribution in [3.8, 4) is 0 Å². The van der Waals surface area contributed by atoms with Gasteiger partial charge in [-0.15, -0.1) is 0 Å². The molecule has 4 atom stereocenters. The first-order valence-corrected chi connectivity index (χ1v) is 6.76. The van der Waals surface area contributed by atoms with Crippen LogP contribution < -0.4 is 5.32 Å². The second-order valence-electron chi connectivity index (χ2n) is 5.41. The van der Waals surface area contributed by atoms with E-state index in [9.17, 15) is 9.59 Å². The van der Waals surface area contributed by atoms with Crippen LogP contribution in [0.1, 0.15) is 45.4 Å². The Balaban J connectivity index is 1.83. The van der Waals surface area contributed by atoms with Gasteiger partial charge in [-0.05, 0) is 31.6 Å². The first-order chi connectivity index (χ1) is 8.58. The van der Waals surface area contributed by atoms with Gasteiger partial charge in [-0.1, -0.05) is 19.8 Å². The monoisotopic (exact) mass is 255 g/mol. The van der Waals surface area contributed by atoms with Gasteiger partial charge in [0.15, 0.2) is 6.10 Å². The number of ether oxygens (including phenoxy) is 1. The first-order valence-electron chi connectivity index (χ1n) is 6.76. The quantitative estimate of drug-likeness (QED) is 0.797. The lowest BCUT2D eigenvalue weighted by atomic mass is 9.86. The largest absolute Gasteiger partial charge is 0.479 e. The predicted octanol–water partition coefficient (Wildman–Crippen LogP) is 1.31. The van der Waals surface area contributed by atoms with Gasteiger partial charge in [-0.25, -0.2) is 4.79 Å². The summed E-state index contributed by atoms with van der Waals surface area (Å²) in [5.74, 6) is -0.617. The summed E-state index contributed by atoms with van der Waals surface area (Å²) in [5.41, 5.74) is 0. The van der Waals surface area contributed by atoms with E-state index in [-0.39, 0.29) is 11.9 Å². The van der Waals surface area contributed by atoms with Crippen molar-refractivity contribution >= 4 is 11.9 Å². The molecule has 18 heavy (non-hydrogen) atoms. The highest BCUT2D eigenvalue weighted by Crippen LogP contribution is 2.25. The Morgan fingerprint density at radius 3 is 2.39 bits per heavy atom. The molecule has 2 unspecified atom stereocenters. The Morgan fingerprint density at radius 2 is 1.78 bits per heavy atom. The maximum absolute atomic E-state index is 12.0. The molecule has 1 saturated carbocycles. The topological polar surface area (TPSA) is 75.6 Å². The SMILES string of the molecule is CC1CCCCC1NC(=O)[C@@H]1CC[C@H](C(=O)O)O1. The van der Waals surface area contributed by atoms with Crippen LogP contribution in [0.3, 0.4) is 0 Å². The lowest BCUT2D eigenvalue weighted by molar-refractivity contribution is -0.152. The van der Waals surface area contributed by atoms with Crippen LogP contribution in [0.4, 0.5) is 0 Å². The maximum atomic E-state index is 12.0. The molecule has 1 amide bonds. The van der Waals surface area contributed by atoms with Gasteiger partial charge in [0.1, 0.15) is 6.10 Å². The van der Waals surface area contributed by atoms with E-state index in [0.717, 1.165) is 19.3 Å². The Kier molecular flexibility index (Phi) is 4.22. The number of amides is 1. The summed E-state index contributed by atoms with van der Waals surface area (Å²) in [5, 5.41) is 11.8. The number of nitrogens with one attached hydrogen (secondary N) is 1. The van der Waals surface area contributed by atoms with E-state index in [1.165, 1.54) is 6.42 Å². The number of carboxylic acids is 1. The molecule has 0 aromatic carbocycles. The van der Waals surface area contributed by atoms with E-state index in [0.29, 0.717) is 18.8 Å². The Hall–Kier alpha value is -1.10. The third-order valence-electron chi connectivity index (χ3n) is 4.03. The summed E-state index contributed by atoms with van der Waals surface area (Å²) in [7, 11) is 0. The van der Waals surface area contributed by atoms with E-state index in [1.54, 1.807) is 0 Å². The molecule has 2 fully saturated rings. The van der Waals surface area contributed by atoms with Crippen molar-refractivity contribution in [1.82, 2.24) is 5.32 Å². The highest BCUT2D eigenvalue weighted by atomic mass is 16.5. The number of rotatable bonds is 3. The van der Waals surface area contributed by atoms with E-state index in [4.69, 9.17) is 9.84 Å². The van der Waals surface area contributed by atoms with Gasteiger partial charge in [0.2, 0.25) is 5.91 Å². The molecule has 2 rings (SSSR count). The Labute approximate surface area is 107 Å². The minimum absolute atomic E-state index is 0.141. The second-order valence-corrected chi connectivity index (χ2v) is 5.41. The molecule has 5 heteroatoms. The van der Waals surface area contributed by atoms with Crippen LogP contribution in [0.15, 0.2) is 0 Å². The highest BCUT2D eigenvalue weighted by Gasteiger charge is 2.36. The van der Waals surface area contributed by atoms with E-state index in [2.05, 4.69) is 12.2 Å². The molecule has 1 heterocycles. The van der Waals surface area contributed by atoms with Gasteiger partial charge in [-0.2, -0.15) is 0 Å². The molecule has 1 saturated heterocycles. The number of aliphatic carboxylic acids is 1. The summed E-state index contributed by atoms with van der Waals surface area (Å²) in [4.78, 5) is 22.8. The van der Waals surface area contributed by atoms with Gasteiger partial charge in [0.25, 0.3) is 0 Å². The minimum atomic E-state index is -0.976. The average molecular weight is 255 g/mol. The average Bonchev–Trinajstić information content (AvgIpc) is 2.81. The standard InChI is InChI=1S/C13H21NO4/c1-8-4-2-3-5-9(8)14-12(15)10-6-7-11(18-10)13(16)17/h8-11H,2-7H2,1H3,(H,14,15)(H,16,17)/t8?,9?,10-,11+/m0/s1. The number of carbonyl (C=O) groups is 2.